The van der Waals surface area contributed by atoms with Gasteiger partial charge in [0.1, 0.15) is 0 Å². The number of nitrogens with one attached hydrogen (secondary N) is 1. The Morgan fingerprint density at radius 2 is 1.71 bits per heavy atom. The molecule has 5 rings (SSSR count). The van der Waals surface area contributed by atoms with E-state index < -0.39 is 0 Å². The predicted molar refractivity (Wildman–Crippen MR) is 92.4 cm³/mol. The van der Waals surface area contributed by atoms with Crippen molar-refractivity contribution in [3.05, 3.63) is 60.5 Å². The summed E-state index contributed by atoms with van der Waals surface area (Å²) >= 11 is 0. The highest BCUT2D eigenvalue weighted by molar-refractivity contribution is 5.67. The molecule has 3 aromatic rings. The molecule has 0 bridgehead atoms. The standard InChI is InChI=1S/C20H19N3O/c1-2-4-14(5-3-1)15-6-8-16(9-7-15)18-22-19(24-23-18)17-12-20(17)10-11-21-13-20/h1-9,17,21H,10-13H2. The van der Waals surface area contributed by atoms with Gasteiger partial charge in [-0.05, 0) is 35.9 Å². The van der Waals surface area contributed by atoms with E-state index in [0.717, 1.165) is 24.5 Å². The van der Waals surface area contributed by atoms with Crippen molar-refractivity contribution >= 4 is 0 Å². The minimum absolute atomic E-state index is 0.390. The second-order valence-corrected chi connectivity index (χ2v) is 6.95. The van der Waals surface area contributed by atoms with E-state index in [1.807, 2.05) is 6.07 Å². The van der Waals surface area contributed by atoms with Gasteiger partial charge in [-0.1, -0.05) is 59.8 Å². The lowest BCUT2D eigenvalue weighted by atomic mass is 10.0. The highest BCUT2D eigenvalue weighted by Gasteiger charge is 2.58. The van der Waals surface area contributed by atoms with Gasteiger partial charge in [0.25, 0.3) is 0 Å². The minimum atomic E-state index is 0.390. The van der Waals surface area contributed by atoms with Crippen LogP contribution in [-0.4, -0.2) is 23.2 Å². The average Bonchev–Trinajstić information content (AvgIpc) is 3.00. The molecule has 1 aliphatic heterocycles. The van der Waals surface area contributed by atoms with Gasteiger partial charge in [0.05, 0.1) is 0 Å². The first-order chi connectivity index (χ1) is 11.8. The third-order valence-electron chi connectivity index (χ3n) is 5.46. The molecule has 2 aliphatic rings. The fourth-order valence-corrected chi connectivity index (χ4v) is 3.87. The smallest absolute Gasteiger partial charge is 0.230 e. The third kappa shape index (κ3) is 2.26. The molecule has 2 aromatic carbocycles. The van der Waals surface area contributed by atoms with Crippen LogP contribution in [0.4, 0.5) is 0 Å². The summed E-state index contributed by atoms with van der Waals surface area (Å²) < 4.78 is 5.56. The Labute approximate surface area is 140 Å². The zero-order valence-corrected chi connectivity index (χ0v) is 13.4. The Hall–Kier alpha value is -2.46. The second-order valence-electron chi connectivity index (χ2n) is 6.95. The molecule has 2 fully saturated rings. The molecular weight excluding hydrogens is 298 g/mol. The number of hydrogen-bond donors (Lipinski definition) is 1. The van der Waals surface area contributed by atoms with Crippen molar-refractivity contribution in [3.63, 3.8) is 0 Å². The molecule has 1 aromatic heterocycles. The van der Waals surface area contributed by atoms with Gasteiger partial charge in [-0.15, -0.1) is 0 Å². The zero-order chi connectivity index (χ0) is 16.0. The molecule has 1 spiro atoms. The van der Waals surface area contributed by atoms with E-state index in [4.69, 9.17) is 4.52 Å². The molecule has 0 amide bonds. The van der Waals surface area contributed by atoms with E-state index >= 15 is 0 Å². The Morgan fingerprint density at radius 1 is 0.958 bits per heavy atom. The van der Waals surface area contributed by atoms with Crippen molar-refractivity contribution < 1.29 is 4.52 Å². The van der Waals surface area contributed by atoms with E-state index in [9.17, 15) is 0 Å². The molecule has 1 saturated carbocycles. The molecule has 1 aliphatic carbocycles. The van der Waals surface area contributed by atoms with E-state index in [0.29, 0.717) is 17.2 Å². The van der Waals surface area contributed by atoms with Crippen molar-refractivity contribution in [3.8, 4) is 22.5 Å². The van der Waals surface area contributed by atoms with Crippen LogP contribution in [0.15, 0.2) is 59.1 Å². The van der Waals surface area contributed by atoms with Crippen LogP contribution in [0.3, 0.4) is 0 Å². The monoisotopic (exact) mass is 317 g/mol. The van der Waals surface area contributed by atoms with Crippen LogP contribution >= 0.6 is 0 Å². The maximum atomic E-state index is 5.56. The first kappa shape index (κ1) is 13.9. The third-order valence-corrected chi connectivity index (χ3v) is 5.46. The Morgan fingerprint density at radius 3 is 2.46 bits per heavy atom. The van der Waals surface area contributed by atoms with E-state index in [2.05, 4.69) is 64.0 Å². The fourth-order valence-electron chi connectivity index (χ4n) is 3.87. The summed E-state index contributed by atoms with van der Waals surface area (Å²) in [5.41, 5.74) is 3.80. The molecule has 120 valence electrons. The van der Waals surface area contributed by atoms with Crippen LogP contribution < -0.4 is 5.32 Å². The Bertz CT molecular complexity index is 848. The van der Waals surface area contributed by atoms with Crippen LogP contribution in [0.1, 0.15) is 24.7 Å². The molecular formula is C20H19N3O. The van der Waals surface area contributed by atoms with E-state index in [1.54, 1.807) is 0 Å². The second kappa shape index (κ2) is 5.28. The van der Waals surface area contributed by atoms with Gasteiger partial charge in [-0.3, -0.25) is 0 Å². The number of aromatic nitrogens is 2. The largest absolute Gasteiger partial charge is 0.339 e. The molecule has 24 heavy (non-hydrogen) atoms. The summed E-state index contributed by atoms with van der Waals surface area (Å²) in [5.74, 6) is 1.94. The fraction of sp³-hybridized carbons (Fsp3) is 0.300. The lowest BCUT2D eigenvalue weighted by Gasteiger charge is -2.02. The number of rotatable bonds is 3. The first-order valence-electron chi connectivity index (χ1n) is 8.54. The average molecular weight is 317 g/mol. The van der Waals surface area contributed by atoms with Crippen molar-refractivity contribution in [1.29, 1.82) is 0 Å². The van der Waals surface area contributed by atoms with Crippen molar-refractivity contribution in [2.75, 3.05) is 13.1 Å². The quantitative estimate of drug-likeness (QED) is 0.796. The van der Waals surface area contributed by atoms with E-state index in [-0.39, 0.29) is 0 Å². The summed E-state index contributed by atoms with van der Waals surface area (Å²) in [6.07, 6.45) is 2.40. The molecule has 0 radical (unpaired) electrons. The van der Waals surface area contributed by atoms with Crippen molar-refractivity contribution in [1.82, 2.24) is 15.5 Å². The first-order valence-corrected chi connectivity index (χ1v) is 8.54. The van der Waals surface area contributed by atoms with Gasteiger partial charge < -0.3 is 9.84 Å². The molecule has 1 saturated heterocycles. The van der Waals surface area contributed by atoms with Gasteiger partial charge in [0.15, 0.2) is 0 Å². The highest BCUT2D eigenvalue weighted by atomic mass is 16.5. The topological polar surface area (TPSA) is 51.0 Å². The maximum Gasteiger partial charge on any atom is 0.230 e. The van der Waals surface area contributed by atoms with Gasteiger partial charge in [0, 0.05) is 18.0 Å². The summed E-state index contributed by atoms with van der Waals surface area (Å²) in [5, 5.41) is 7.64. The Balaban J connectivity index is 1.38. The zero-order valence-electron chi connectivity index (χ0n) is 13.4. The van der Waals surface area contributed by atoms with Crippen LogP contribution in [0.25, 0.3) is 22.5 Å². The number of hydrogen-bond acceptors (Lipinski definition) is 4. The minimum Gasteiger partial charge on any atom is -0.339 e. The van der Waals surface area contributed by atoms with Gasteiger partial charge >= 0.3 is 0 Å². The summed E-state index contributed by atoms with van der Waals surface area (Å²) in [6, 6.07) is 18.7. The van der Waals surface area contributed by atoms with Crippen LogP contribution in [0.2, 0.25) is 0 Å². The predicted octanol–water partition coefficient (Wildman–Crippen LogP) is 3.87. The van der Waals surface area contributed by atoms with Gasteiger partial charge in [-0.25, -0.2) is 0 Å². The summed E-state index contributed by atoms with van der Waals surface area (Å²) in [6.45, 7) is 2.19. The molecule has 2 atom stereocenters. The summed E-state index contributed by atoms with van der Waals surface area (Å²) in [4.78, 5) is 4.66. The molecule has 2 heterocycles. The molecule has 4 nitrogen and oxygen atoms in total. The van der Waals surface area contributed by atoms with Crippen molar-refractivity contribution in [2.45, 2.75) is 18.8 Å². The van der Waals surface area contributed by atoms with Crippen molar-refractivity contribution in [2.24, 2.45) is 5.41 Å². The van der Waals surface area contributed by atoms with Gasteiger partial charge in [-0.2, -0.15) is 4.98 Å². The van der Waals surface area contributed by atoms with Crippen LogP contribution in [-0.2, 0) is 0 Å². The number of benzene rings is 2. The molecule has 2 unspecified atom stereocenters. The van der Waals surface area contributed by atoms with Crippen LogP contribution in [0.5, 0.6) is 0 Å². The van der Waals surface area contributed by atoms with E-state index in [1.165, 1.54) is 24.0 Å². The van der Waals surface area contributed by atoms with Gasteiger partial charge in [0.2, 0.25) is 11.7 Å². The lowest BCUT2D eigenvalue weighted by Crippen LogP contribution is -2.10. The molecule has 4 heteroatoms. The lowest BCUT2D eigenvalue weighted by molar-refractivity contribution is 0.364. The highest BCUT2D eigenvalue weighted by Crippen LogP contribution is 2.62. The normalized spacial score (nSPS) is 25.2. The maximum absolute atomic E-state index is 5.56. The summed E-state index contributed by atoms with van der Waals surface area (Å²) in [7, 11) is 0. The van der Waals surface area contributed by atoms with Crippen LogP contribution in [0, 0.1) is 5.41 Å². The molecule has 1 N–H and O–H groups in total. The SMILES string of the molecule is c1ccc(-c2ccc(-c3noc(C4CC45CCNC5)n3)cc2)cc1. The Kier molecular flexibility index (Phi) is 3.06. The number of nitrogens with zero attached hydrogens (tertiary/aromatic N) is 2.